The van der Waals surface area contributed by atoms with E-state index in [0.29, 0.717) is 31.0 Å². The number of nitrogens with one attached hydrogen (secondary N) is 1. The molecule has 1 aliphatic rings. The summed E-state index contributed by atoms with van der Waals surface area (Å²) < 4.78 is 10.8. The molecule has 0 atom stereocenters. The van der Waals surface area contributed by atoms with Gasteiger partial charge in [-0.1, -0.05) is 30.3 Å². The topological polar surface area (TPSA) is 67.9 Å². The fourth-order valence-corrected chi connectivity index (χ4v) is 2.91. The number of methoxy groups -OCH3 is 1. The van der Waals surface area contributed by atoms with Gasteiger partial charge in [0.05, 0.1) is 19.4 Å². The molecule has 1 heterocycles. The predicted octanol–water partition coefficient (Wildman–Crippen LogP) is 2.98. The second-order valence-corrected chi connectivity index (χ2v) is 6.06. The highest BCUT2D eigenvalue weighted by Crippen LogP contribution is 2.33. The molecule has 2 aromatic carbocycles. The first-order valence-corrected chi connectivity index (χ1v) is 8.57. The van der Waals surface area contributed by atoms with Gasteiger partial charge >= 0.3 is 0 Å². The first-order valence-electron chi connectivity index (χ1n) is 8.57. The van der Waals surface area contributed by atoms with Crippen molar-refractivity contribution in [3.63, 3.8) is 0 Å². The molecule has 0 aromatic heterocycles. The molecule has 1 fully saturated rings. The minimum Gasteiger partial charge on any atom is -0.494 e. The summed E-state index contributed by atoms with van der Waals surface area (Å²) in [6.07, 6.45) is 1.40. The number of rotatable bonds is 7. The largest absolute Gasteiger partial charge is 0.494 e. The van der Waals surface area contributed by atoms with Crippen molar-refractivity contribution in [3.05, 3.63) is 54.1 Å². The first-order chi connectivity index (χ1) is 12.7. The fraction of sp³-hybridized carbons (Fsp3) is 0.300. The molecule has 2 amide bonds. The number of ether oxygens (including phenoxy) is 2. The van der Waals surface area contributed by atoms with Gasteiger partial charge < -0.3 is 19.7 Å². The van der Waals surface area contributed by atoms with E-state index < -0.39 is 0 Å². The van der Waals surface area contributed by atoms with E-state index in [1.54, 1.807) is 30.2 Å². The summed E-state index contributed by atoms with van der Waals surface area (Å²) in [6.45, 7) is 1.03. The van der Waals surface area contributed by atoms with Gasteiger partial charge in [0, 0.05) is 24.7 Å². The Kier molecular flexibility index (Phi) is 5.86. The van der Waals surface area contributed by atoms with E-state index in [1.165, 1.54) is 0 Å². The lowest BCUT2D eigenvalue weighted by Gasteiger charge is -2.19. The van der Waals surface area contributed by atoms with Crippen LogP contribution < -0.4 is 15.0 Å². The summed E-state index contributed by atoms with van der Waals surface area (Å²) in [5.41, 5.74) is 2.35. The average Bonchev–Trinajstić information content (AvgIpc) is 3.08. The highest BCUT2D eigenvalue weighted by Gasteiger charge is 2.24. The maximum absolute atomic E-state index is 12.1. The Bertz CT molecular complexity index is 777. The number of anilines is 2. The van der Waals surface area contributed by atoms with Crippen LogP contribution in [0.4, 0.5) is 11.4 Å². The number of hydrogen-bond donors (Lipinski definition) is 1. The van der Waals surface area contributed by atoms with Crippen molar-refractivity contribution in [3.8, 4) is 5.75 Å². The van der Waals surface area contributed by atoms with Crippen molar-refractivity contribution in [2.45, 2.75) is 19.4 Å². The lowest BCUT2D eigenvalue weighted by Crippen LogP contribution is -2.24. The summed E-state index contributed by atoms with van der Waals surface area (Å²) in [6, 6.07) is 15.0. The summed E-state index contributed by atoms with van der Waals surface area (Å²) in [4.78, 5) is 25.7. The normalized spacial score (nSPS) is 13.7. The molecule has 0 unspecified atom stereocenters. The third kappa shape index (κ3) is 4.40. The molecular formula is C20H22N2O4. The minimum atomic E-state index is -0.243. The lowest BCUT2D eigenvalue weighted by molar-refractivity contribution is -0.121. The van der Waals surface area contributed by atoms with Crippen LogP contribution in [0.1, 0.15) is 18.4 Å². The van der Waals surface area contributed by atoms with E-state index in [0.717, 1.165) is 17.7 Å². The number of benzene rings is 2. The second-order valence-electron chi connectivity index (χ2n) is 6.06. The molecule has 0 aliphatic carbocycles. The van der Waals surface area contributed by atoms with E-state index >= 15 is 0 Å². The van der Waals surface area contributed by atoms with Crippen LogP contribution in [0.25, 0.3) is 0 Å². The minimum absolute atomic E-state index is 0.0381. The molecule has 3 rings (SSSR count). The van der Waals surface area contributed by atoms with Gasteiger partial charge in [-0.2, -0.15) is 0 Å². The number of amides is 2. The van der Waals surface area contributed by atoms with Crippen LogP contribution >= 0.6 is 0 Å². The van der Waals surface area contributed by atoms with E-state index in [-0.39, 0.29) is 18.4 Å². The molecule has 0 saturated carbocycles. The molecule has 6 nitrogen and oxygen atoms in total. The van der Waals surface area contributed by atoms with Crippen LogP contribution in [0.2, 0.25) is 0 Å². The maximum atomic E-state index is 12.1. The van der Waals surface area contributed by atoms with Crippen LogP contribution in [-0.4, -0.2) is 32.1 Å². The molecule has 6 heteroatoms. The molecule has 26 heavy (non-hydrogen) atoms. The summed E-state index contributed by atoms with van der Waals surface area (Å²) in [5, 5.41) is 2.78. The molecule has 1 saturated heterocycles. The summed E-state index contributed by atoms with van der Waals surface area (Å²) >= 11 is 0. The zero-order chi connectivity index (χ0) is 18.4. The van der Waals surface area contributed by atoms with E-state index in [2.05, 4.69) is 5.32 Å². The third-order valence-corrected chi connectivity index (χ3v) is 4.17. The lowest BCUT2D eigenvalue weighted by atomic mass is 10.2. The SMILES string of the molecule is COc1cc(NC(=O)COCc2ccccc2)ccc1N1CCCC1=O. The zero-order valence-corrected chi connectivity index (χ0v) is 14.7. The average molecular weight is 354 g/mol. The van der Waals surface area contributed by atoms with E-state index in [1.807, 2.05) is 30.3 Å². The Morgan fingerprint density at radius 2 is 2.00 bits per heavy atom. The van der Waals surface area contributed by atoms with Crippen molar-refractivity contribution >= 4 is 23.2 Å². The summed E-state index contributed by atoms with van der Waals surface area (Å²) in [7, 11) is 1.55. The van der Waals surface area contributed by atoms with Crippen molar-refractivity contribution in [1.82, 2.24) is 0 Å². The van der Waals surface area contributed by atoms with Crippen LogP contribution in [0, 0.1) is 0 Å². The Morgan fingerprint density at radius 1 is 1.19 bits per heavy atom. The Morgan fingerprint density at radius 3 is 2.69 bits per heavy atom. The van der Waals surface area contributed by atoms with Gasteiger partial charge in [0.15, 0.2) is 0 Å². The van der Waals surface area contributed by atoms with E-state index in [4.69, 9.17) is 9.47 Å². The monoisotopic (exact) mass is 354 g/mol. The molecule has 2 aromatic rings. The smallest absolute Gasteiger partial charge is 0.250 e. The molecule has 1 N–H and O–H groups in total. The molecule has 0 bridgehead atoms. The van der Waals surface area contributed by atoms with Crippen LogP contribution in [0.15, 0.2) is 48.5 Å². The Labute approximate surface area is 152 Å². The summed E-state index contributed by atoms with van der Waals surface area (Å²) in [5.74, 6) is 0.408. The Balaban J connectivity index is 1.57. The maximum Gasteiger partial charge on any atom is 0.250 e. The molecule has 136 valence electrons. The Hall–Kier alpha value is -2.86. The predicted molar refractivity (Wildman–Crippen MR) is 99.3 cm³/mol. The van der Waals surface area contributed by atoms with Crippen LogP contribution in [-0.2, 0) is 20.9 Å². The highest BCUT2D eigenvalue weighted by molar-refractivity contribution is 5.98. The van der Waals surface area contributed by atoms with Gasteiger partial charge in [-0.15, -0.1) is 0 Å². The van der Waals surface area contributed by atoms with Crippen molar-refractivity contribution in [2.75, 3.05) is 30.5 Å². The van der Waals surface area contributed by atoms with Gasteiger partial charge in [-0.25, -0.2) is 0 Å². The van der Waals surface area contributed by atoms with Crippen LogP contribution in [0.3, 0.4) is 0 Å². The number of carbonyl (C=O) groups excluding carboxylic acids is 2. The molecule has 0 radical (unpaired) electrons. The van der Waals surface area contributed by atoms with E-state index in [9.17, 15) is 9.59 Å². The van der Waals surface area contributed by atoms with Gasteiger partial charge in [0.1, 0.15) is 12.4 Å². The fourth-order valence-electron chi connectivity index (χ4n) is 2.91. The quantitative estimate of drug-likeness (QED) is 0.830. The van der Waals surface area contributed by atoms with Gasteiger partial charge in [-0.05, 0) is 24.1 Å². The number of carbonyl (C=O) groups is 2. The number of nitrogens with zero attached hydrogens (tertiary/aromatic N) is 1. The van der Waals surface area contributed by atoms with Crippen molar-refractivity contribution in [2.24, 2.45) is 0 Å². The zero-order valence-electron chi connectivity index (χ0n) is 14.7. The third-order valence-electron chi connectivity index (χ3n) is 4.17. The first kappa shape index (κ1) is 17.9. The second kappa shape index (κ2) is 8.49. The van der Waals surface area contributed by atoms with Crippen LogP contribution in [0.5, 0.6) is 5.75 Å². The van der Waals surface area contributed by atoms with Gasteiger partial charge in [0.2, 0.25) is 11.8 Å². The molecule has 0 spiro atoms. The standard InChI is InChI=1S/C20H22N2O4/c1-25-18-12-16(9-10-17(18)22-11-5-8-20(22)24)21-19(23)14-26-13-15-6-3-2-4-7-15/h2-4,6-7,9-10,12H,5,8,11,13-14H2,1H3,(H,21,23). The molecular weight excluding hydrogens is 332 g/mol. The van der Waals surface area contributed by atoms with Crippen molar-refractivity contribution < 1.29 is 19.1 Å². The molecule has 1 aliphatic heterocycles. The number of hydrogen-bond acceptors (Lipinski definition) is 4. The van der Waals surface area contributed by atoms with Gasteiger partial charge in [0.25, 0.3) is 0 Å². The van der Waals surface area contributed by atoms with Gasteiger partial charge in [-0.3, -0.25) is 9.59 Å². The highest BCUT2D eigenvalue weighted by atomic mass is 16.5. The van der Waals surface area contributed by atoms with Crippen molar-refractivity contribution in [1.29, 1.82) is 0 Å².